The zero-order valence-electron chi connectivity index (χ0n) is 8.11. The van der Waals surface area contributed by atoms with Crippen LogP contribution in [0.25, 0.3) is 0 Å². The quantitative estimate of drug-likeness (QED) is 0.835. The van der Waals surface area contributed by atoms with Crippen LogP contribution in [0.5, 0.6) is 0 Å². The lowest BCUT2D eigenvalue weighted by atomic mass is 10.2. The lowest BCUT2D eigenvalue weighted by molar-refractivity contribution is 0.538. The van der Waals surface area contributed by atoms with Gasteiger partial charge in [0, 0.05) is 22.1 Å². The molecule has 0 unspecified atom stereocenters. The fourth-order valence-electron chi connectivity index (χ4n) is 1.34. The first-order chi connectivity index (χ1) is 6.59. The highest BCUT2D eigenvalue weighted by atomic mass is 35.5. The van der Waals surface area contributed by atoms with Crippen molar-refractivity contribution < 1.29 is 0 Å². The van der Waals surface area contributed by atoms with Gasteiger partial charge in [-0.05, 0) is 37.5 Å². The van der Waals surface area contributed by atoms with Crippen molar-refractivity contribution in [1.82, 2.24) is 5.32 Å². The van der Waals surface area contributed by atoms with E-state index in [1.807, 2.05) is 12.1 Å². The van der Waals surface area contributed by atoms with Crippen molar-refractivity contribution in [3.8, 4) is 0 Å². The van der Waals surface area contributed by atoms with E-state index < -0.39 is 0 Å². The van der Waals surface area contributed by atoms with Crippen LogP contribution in [0.4, 0.5) is 0 Å². The number of nitrogens with one attached hydrogen (secondary N) is 1. The van der Waals surface area contributed by atoms with Gasteiger partial charge in [-0.3, -0.25) is 0 Å². The molecule has 2 rings (SSSR count). The molecule has 0 aliphatic heterocycles. The predicted molar refractivity (Wildman–Crippen MR) is 60.9 cm³/mol. The molecule has 0 radical (unpaired) electrons. The van der Waals surface area contributed by atoms with Crippen LogP contribution < -0.4 is 5.32 Å². The highest BCUT2D eigenvalue weighted by molar-refractivity contribution is 6.35. The summed E-state index contributed by atoms with van der Waals surface area (Å²) >= 11 is 11.9. The largest absolute Gasteiger partial charge is 0.307 e. The van der Waals surface area contributed by atoms with Crippen molar-refractivity contribution >= 4 is 23.2 Å². The van der Waals surface area contributed by atoms with E-state index in [1.54, 1.807) is 6.07 Å². The van der Waals surface area contributed by atoms with Crippen LogP contribution in [-0.2, 0) is 6.54 Å². The zero-order valence-corrected chi connectivity index (χ0v) is 9.62. The lowest BCUT2D eigenvalue weighted by Crippen LogP contribution is -2.27. The molecule has 1 aromatic carbocycles. The number of hydrogen-bond donors (Lipinski definition) is 1. The molecule has 0 heterocycles. The lowest BCUT2D eigenvalue weighted by Gasteiger charge is -2.12. The Labute approximate surface area is 94.4 Å². The fraction of sp³-hybridized carbons (Fsp3) is 0.455. The number of hydrogen-bond acceptors (Lipinski definition) is 1. The highest BCUT2D eigenvalue weighted by Gasteiger charge is 2.36. The SMILES string of the molecule is CC1(NCc2ccc(Cl)cc2Cl)CC1. The molecule has 0 amide bonds. The molecule has 76 valence electrons. The van der Waals surface area contributed by atoms with E-state index in [2.05, 4.69) is 12.2 Å². The van der Waals surface area contributed by atoms with E-state index in [9.17, 15) is 0 Å². The maximum atomic E-state index is 6.05. The van der Waals surface area contributed by atoms with Crippen LogP contribution in [0, 0.1) is 0 Å². The minimum atomic E-state index is 0.350. The van der Waals surface area contributed by atoms with Crippen LogP contribution in [0.15, 0.2) is 18.2 Å². The summed E-state index contributed by atoms with van der Waals surface area (Å²) in [6, 6.07) is 5.64. The smallest absolute Gasteiger partial charge is 0.0465 e. The third kappa shape index (κ3) is 2.41. The van der Waals surface area contributed by atoms with Crippen molar-refractivity contribution in [2.75, 3.05) is 0 Å². The molecular weight excluding hydrogens is 217 g/mol. The van der Waals surface area contributed by atoms with E-state index in [4.69, 9.17) is 23.2 Å². The number of halogens is 2. The normalized spacial score (nSPS) is 18.2. The molecule has 0 spiro atoms. The fourth-order valence-corrected chi connectivity index (χ4v) is 1.81. The summed E-state index contributed by atoms with van der Waals surface area (Å²) in [6.45, 7) is 3.06. The zero-order chi connectivity index (χ0) is 10.2. The van der Waals surface area contributed by atoms with Gasteiger partial charge in [0.15, 0.2) is 0 Å². The van der Waals surface area contributed by atoms with Gasteiger partial charge in [-0.1, -0.05) is 29.3 Å². The maximum Gasteiger partial charge on any atom is 0.0465 e. The van der Waals surface area contributed by atoms with Gasteiger partial charge in [-0.15, -0.1) is 0 Å². The van der Waals surface area contributed by atoms with E-state index in [-0.39, 0.29) is 0 Å². The molecule has 1 aliphatic carbocycles. The van der Waals surface area contributed by atoms with E-state index in [0.717, 1.165) is 17.1 Å². The first-order valence-corrected chi connectivity index (χ1v) is 5.54. The molecule has 1 nitrogen and oxygen atoms in total. The van der Waals surface area contributed by atoms with Crippen molar-refractivity contribution in [1.29, 1.82) is 0 Å². The summed E-state index contributed by atoms with van der Waals surface area (Å²) in [5.74, 6) is 0. The first-order valence-electron chi connectivity index (χ1n) is 4.78. The number of rotatable bonds is 3. The van der Waals surface area contributed by atoms with Gasteiger partial charge < -0.3 is 5.32 Å². The average molecular weight is 230 g/mol. The van der Waals surface area contributed by atoms with Gasteiger partial charge in [-0.2, -0.15) is 0 Å². The summed E-state index contributed by atoms with van der Waals surface area (Å²) in [5, 5.41) is 4.92. The Kier molecular flexibility index (Phi) is 2.74. The second-order valence-electron chi connectivity index (χ2n) is 4.15. The van der Waals surface area contributed by atoms with E-state index >= 15 is 0 Å². The molecule has 0 atom stereocenters. The topological polar surface area (TPSA) is 12.0 Å². The Morgan fingerprint density at radius 3 is 2.64 bits per heavy atom. The maximum absolute atomic E-state index is 6.05. The van der Waals surface area contributed by atoms with Gasteiger partial charge in [0.2, 0.25) is 0 Å². The highest BCUT2D eigenvalue weighted by Crippen LogP contribution is 2.35. The molecule has 1 fully saturated rings. The van der Waals surface area contributed by atoms with Crippen LogP contribution in [0.1, 0.15) is 25.3 Å². The summed E-state index contributed by atoms with van der Waals surface area (Å²) < 4.78 is 0. The van der Waals surface area contributed by atoms with Gasteiger partial charge >= 0.3 is 0 Å². The van der Waals surface area contributed by atoms with Gasteiger partial charge in [0.05, 0.1) is 0 Å². The van der Waals surface area contributed by atoms with Crippen molar-refractivity contribution in [3.63, 3.8) is 0 Å². The molecule has 14 heavy (non-hydrogen) atoms. The van der Waals surface area contributed by atoms with Crippen LogP contribution in [0.2, 0.25) is 10.0 Å². The van der Waals surface area contributed by atoms with Crippen molar-refractivity contribution in [2.45, 2.75) is 31.8 Å². The molecule has 1 aromatic rings. The third-order valence-corrected chi connectivity index (χ3v) is 3.31. The minimum absolute atomic E-state index is 0.350. The second-order valence-corrected chi connectivity index (χ2v) is 4.99. The first kappa shape index (κ1) is 10.3. The Hall–Kier alpha value is -0.240. The molecule has 0 bridgehead atoms. The van der Waals surface area contributed by atoms with Gasteiger partial charge in [0.1, 0.15) is 0 Å². The Morgan fingerprint density at radius 2 is 2.07 bits per heavy atom. The summed E-state index contributed by atoms with van der Waals surface area (Å²) in [4.78, 5) is 0. The molecule has 0 saturated heterocycles. The molecule has 1 saturated carbocycles. The molecule has 3 heteroatoms. The summed E-state index contributed by atoms with van der Waals surface area (Å²) in [6.07, 6.45) is 2.52. The number of benzene rings is 1. The predicted octanol–water partition coefficient (Wildman–Crippen LogP) is 3.64. The van der Waals surface area contributed by atoms with Crippen LogP contribution >= 0.6 is 23.2 Å². The van der Waals surface area contributed by atoms with Gasteiger partial charge in [-0.25, -0.2) is 0 Å². The van der Waals surface area contributed by atoms with Crippen molar-refractivity contribution in [2.24, 2.45) is 0 Å². The van der Waals surface area contributed by atoms with E-state index in [0.29, 0.717) is 10.6 Å². The Bertz CT molecular complexity index is 345. The Morgan fingerprint density at radius 1 is 1.36 bits per heavy atom. The van der Waals surface area contributed by atoms with Crippen LogP contribution in [-0.4, -0.2) is 5.54 Å². The molecule has 1 N–H and O–H groups in total. The monoisotopic (exact) mass is 229 g/mol. The van der Waals surface area contributed by atoms with Gasteiger partial charge in [0.25, 0.3) is 0 Å². The summed E-state index contributed by atoms with van der Waals surface area (Å²) in [7, 11) is 0. The summed E-state index contributed by atoms with van der Waals surface area (Å²) in [5.41, 5.74) is 1.47. The molecule has 1 aliphatic rings. The molecule has 0 aromatic heterocycles. The second kappa shape index (κ2) is 3.73. The van der Waals surface area contributed by atoms with Crippen molar-refractivity contribution in [3.05, 3.63) is 33.8 Å². The van der Waals surface area contributed by atoms with E-state index in [1.165, 1.54) is 12.8 Å². The third-order valence-electron chi connectivity index (χ3n) is 2.72. The molecular formula is C11H13Cl2N. The van der Waals surface area contributed by atoms with Crippen LogP contribution in [0.3, 0.4) is 0 Å². The minimum Gasteiger partial charge on any atom is -0.307 e. The average Bonchev–Trinajstić information content (AvgIpc) is 2.83. The Balaban J connectivity index is 2.02. The standard InChI is InChI=1S/C11H13Cl2N/c1-11(4-5-11)14-7-8-2-3-9(12)6-10(8)13/h2-3,6,14H,4-5,7H2,1H3.